The molecule has 0 saturated carbocycles. The molecule has 0 saturated heterocycles. The molecule has 4 aromatic rings. The minimum atomic E-state index is -0.740. The van der Waals surface area contributed by atoms with E-state index in [0.717, 1.165) is 30.0 Å². The van der Waals surface area contributed by atoms with Crippen molar-refractivity contribution in [2.45, 2.75) is 23.8 Å². The van der Waals surface area contributed by atoms with Gasteiger partial charge in [0, 0.05) is 24.5 Å². The van der Waals surface area contributed by atoms with Crippen LogP contribution in [0.5, 0.6) is 5.75 Å². The number of aromatic nitrogens is 4. The Morgan fingerprint density at radius 1 is 1.18 bits per heavy atom. The Morgan fingerprint density at radius 3 is 2.76 bits per heavy atom. The van der Waals surface area contributed by atoms with Gasteiger partial charge in [0.25, 0.3) is 0 Å². The van der Waals surface area contributed by atoms with E-state index < -0.39 is 28.4 Å². The molecule has 1 amide bonds. The van der Waals surface area contributed by atoms with Gasteiger partial charge >= 0.3 is 5.56 Å². The molecule has 1 N–H and O–H groups in total. The zero-order chi connectivity index (χ0) is 23.5. The van der Waals surface area contributed by atoms with Crippen LogP contribution < -0.4 is 15.6 Å². The lowest BCUT2D eigenvalue weighted by Gasteiger charge is -2.14. The van der Waals surface area contributed by atoms with Crippen LogP contribution in [-0.2, 0) is 4.79 Å². The molecular weight excluding hydrogens is 452 g/mol. The van der Waals surface area contributed by atoms with Crippen molar-refractivity contribution in [2.24, 2.45) is 0 Å². The number of hydrogen-bond donors (Lipinski definition) is 1. The maximum atomic E-state index is 13.9. The van der Waals surface area contributed by atoms with Crippen molar-refractivity contribution >= 4 is 29.0 Å². The van der Waals surface area contributed by atoms with E-state index in [-0.39, 0.29) is 11.3 Å². The minimum Gasteiger partial charge on any atom is -0.497 e. The van der Waals surface area contributed by atoms with Gasteiger partial charge in [-0.2, -0.15) is 0 Å². The zero-order valence-electron chi connectivity index (χ0n) is 17.7. The fourth-order valence-corrected chi connectivity index (χ4v) is 4.10. The van der Waals surface area contributed by atoms with Crippen molar-refractivity contribution in [1.82, 2.24) is 19.2 Å². The van der Waals surface area contributed by atoms with Gasteiger partial charge in [-0.05, 0) is 30.7 Å². The van der Waals surface area contributed by atoms with E-state index in [4.69, 9.17) is 4.74 Å². The normalized spacial score (nSPS) is 12.0. The molecular formula is C22H19F2N5O3S. The topological polar surface area (TPSA) is 90.5 Å². The van der Waals surface area contributed by atoms with Gasteiger partial charge in [-0.3, -0.25) is 18.6 Å². The molecule has 170 valence electrons. The monoisotopic (exact) mass is 471 g/mol. The molecule has 0 aliphatic carbocycles. The van der Waals surface area contributed by atoms with E-state index in [1.54, 1.807) is 43.6 Å². The summed E-state index contributed by atoms with van der Waals surface area (Å²) in [4.78, 5) is 25.7. The van der Waals surface area contributed by atoms with Crippen LogP contribution in [0.1, 0.15) is 13.3 Å². The molecule has 1 atom stereocenters. The summed E-state index contributed by atoms with van der Waals surface area (Å²) in [5, 5.41) is 10.1. The summed E-state index contributed by atoms with van der Waals surface area (Å²) in [6, 6.07) is 9.84. The molecule has 8 nitrogen and oxygen atoms in total. The number of benzene rings is 2. The van der Waals surface area contributed by atoms with Crippen molar-refractivity contribution in [1.29, 1.82) is 0 Å². The largest absolute Gasteiger partial charge is 0.497 e. The van der Waals surface area contributed by atoms with E-state index in [0.29, 0.717) is 23.0 Å². The van der Waals surface area contributed by atoms with Crippen LogP contribution >= 0.6 is 11.8 Å². The van der Waals surface area contributed by atoms with Crippen LogP contribution in [-0.4, -0.2) is 37.4 Å². The number of methoxy groups -OCH3 is 1. The summed E-state index contributed by atoms with van der Waals surface area (Å²) in [6.45, 7) is 1.78. The number of carbonyl (C=O) groups excluding carboxylic acids is 1. The number of ether oxygens (including phenoxy) is 1. The Hall–Kier alpha value is -3.73. The van der Waals surface area contributed by atoms with Crippen molar-refractivity contribution in [3.05, 3.63) is 76.8 Å². The van der Waals surface area contributed by atoms with E-state index in [1.165, 1.54) is 16.1 Å². The fourth-order valence-electron chi connectivity index (χ4n) is 3.17. The molecule has 0 fully saturated rings. The average molecular weight is 471 g/mol. The fraction of sp³-hybridized carbons (Fsp3) is 0.182. The summed E-state index contributed by atoms with van der Waals surface area (Å²) >= 11 is 1.07. The summed E-state index contributed by atoms with van der Waals surface area (Å²) in [5.41, 5.74) is 0.0343. The van der Waals surface area contributed by atoms with E-state index >= 15 is 0 Å². The van der Waals surface area contributed by atoms with Crippen LogP contribution in [0.25, 0.3) is 11.3 Å². The summed E-state index contributed by atoms with van der Waals surface area (Å²) in [6.07, 6.45) is 3.57. The lowest BCUT2D eigenvalue weighted by atomic mass is 10.2. The molecule has 0 bridgehead atoms. The molecule has 33 heavy (non-hydrogen) atoms. The SMILES string of the molecule is CCC(Sc1nnc2c(=O)n(-c3cccc(OC)c3)ccn12)C(=O)Nc1cc(F)ccc1F. The Morgan fingerprint density at radius 2 is 2.00 bits per heavy atom. The number of carbonyl (C=O) groups is 1. The molecule has 2 aromatic heterocycles. The van der Waals surface area contributed by atoms with Crippen LogP contribution in [0.2, 0.25) is 0 Å². The first-order valence-corrected chi connectivity index (χ1v) is 10.8. The van der Waals surface area contributed by atoms with E-state index in [1.807, 2.05) is 0 Å². The van der Waals surface area contributed by atoms with Crippen molar-refractivity contribution in [3.8, 4) is 11.4 Å². The Kier molecular flexibility index (Phi) is 6.40. The molecule has 0 aliphatic rings. The number of nitrogens with one attached hydrogen (secondary N) is 1. The number of rotatable bonds is 7. The van der Waals surface area contributed by atoms with Crippen molar-refractivity contribution < 1.29 is 18.3 Å². The molecule has 11 heteroatoms. The number of anilines is 1. The van der Waals surface area contributed by atoms with Crippen molar-refractivity contribution in [2.75, 3.05) is 12.4 Å². The quantitative estimate of drug-likeness (QED) is 0.414. The highest BCUT2D eigenvalue weighted by Gasteiger charge is 2.23. The smallest absolute Gasteiger partial charge is 0.300 e. The second kappa shape index (κ2) is 9.41. The Labute approximate surface area is 191 Å². The number of thioether (sulfide) groups is 1. The Bertz CT molecular complexity index is 1390. The van der Waals surface area contributed by atoms with Crippen LogP contribution in [0.15, 0.2) is 64.8 Å². The zero-order valence-corrected chi connectivity index (χ0v) is 18.5. The number of fused-ring (bicyclic) bond motifs is 1. The standard InChI is InChI=1S/C22H19F2N5O3S/c1-3-18(20(30)25-17-11-13(23)7-8-16(17)24)33-22-27-26-19-21(31)28(9-10-29(19)22)14-5-4-6-15(12-14)32-2/h4-12,18H,3H2,1-2H3,(H,25,30). The van der Waals surface area contributed by atoms with Crippen LogP contribution in [0.3, 0.4) is 0 Å². The highest BCUT2D eigenvalue weighted by atomic mass is 32.2. The number of amides is 1. The number of nitrogens with zero attached hydrogens (tertiary/aromatic N) is 4. The third-order valence-corrected chi connectivity index (χ3v) is 6.19. The highest BCUT2D eigenvalue weighted by Crippen LogP contribution is 2.26. The molecule has 4 rings (SSSR count). The van der Waals surface area contributed by atoms with Gasteiger partial charge in [0.2, 0.25) is 11.6 Å². The average Bonchev–Trinajstić information content (AvgIpc) is 3.23. The molecule has 2 aromatic carbocycles. The van der Waals surface area contributed by atoms with E-state index in [2.05, 4.69) is 15.5 Å². The van der Waals surface area contributed by atoms with Gasteiger partial charge in [0.1, 0.15) is 17.4 Å². The highest BCUT2D eigenvalue weighted by molar-refractivity contribution is 8.00. The lowest BCUT2D eigenvalue weighted by Crippen LogP contribution is -2.25. The minimum absolute atomic E-state index is 0.0780. The summed E-state index contributed by atoms with van der Waals surface area (Å²) in [5.74, 6) is -1.32. The lowest BCUT2D eigenvalue weighted by molar-refractivity contribution is -0.115. The first-order valence-electron chi connectivity index (χ1n) is 9.94. The van der Waals surface area contributed by atoms with Crippen molar-refractivity contribution in [3.63, 3.8) is 0 Å². The Balaban J connectivity index is 1.60. The van der Waals surface area contributed by atoms with Gasteiger partial charge in [-0.1, -0.05) is 24.8 Å². The van der Waals surface area contributed by atoms with E-state index in [9.17, 15) is 18.4 Å². The number of hydrogen-bond acceptors (Lipinski definition) is 6. The maximum absolute atomic E-state index is 13.9. The van der Waals surface area contributed by atoms with Crippen LogP contribution in [0.4, 0.5) is 14.5 Å². The van der Waals surface area contributed by atoms with Gasteiger partial charge in [-0.15, -0.1) is 10.2 Å². The van der Waals surface area contributed by atoms with Gasteiger partial charge < -0.3 is 10.1 Å². The first kappa shape index (κ1) is 22.5. The first-order chi connectivity index (χ1) is 15.9. The second-order valence-electron chi connectivity index (χ2n) is 6.98. The number of halogens is 2. The molecule has 0 aliphatic heterocycles. The van der Waals surface area contributed by atoms with Crippen LogP contribution in [0, 0.1) is 11.6 Å². The predicted octanol–water partition coefficient (Wildman–Crippen LogP) is 3.68. The molecule has 0 radical (unpaired) electrons. The molecule has 1 unspecified atom stereocenters. The predicted molar refractivity (Wildman–Crippen MR) is 120 cm³/mol. The van der Waals surface area contributed by atoms with Gasteiger partial charge in [0.05, 0.1) is 23.7 Å². The van der Waals surface area contributed by atoms with Gasteiger partial charge in [-0.25, -0.2) is 8.78 Å². The second-order valence-corrected chi connectivity index (χ2v) is 8.15. The summed E-state index contributed by atoms with van der Waals surface area (Å²) < 4.78 is 35.4. The third-order valence-electron chi connectivity index (χ3n) is 4.87. The van der Waals surface area contributed by atoms with Gasteiger partial charge in [0.15, 0.2) is 5.16 Å². The molecule has 2 heterocycles. The summed E-state index contributed by atoms with van der Waals surface area (Å²) in [7, 11) is 1.54. The third kappa shape index (κ3) is 4.58. The maximum Gasteiger partial charge on any atom is 0.300 e. The molecule has 0 spiro atoms.